The third kappa shape index (κ3) is 6.43. The van der Waals surface area contributed by atoms with Crippen LogP contribution in [-0.4, -0.2) is 32.3 Å². The minimum Gasteiger partial charge on any atom is -0.378 e. The van der Waals surface area contributed by atoms with Crippen LogP contribution in [0, 0.1) is 11.6 Å². The minimum absolute atomic E-state index is 0.182. The van der Waals surface area contributed by atoms with Crippen molar-refractivity contribution >= 4 is 5.96 Å². The second kappa shape index (κ2) is 10.2. The van der Waals surface area contributed by atoms with Crippen molar-refractivity contribution in [3.63, 3.8) is 0 Å². The van der Waals surface area contributed by atoms with Gasteiger partial charge in [-0.3, -0.25) is 4.99 Å². The zero-order valence-electron chi connectivity index (χ0n) is 14.3. The Morgan fingerprint density at radius 2 is 2.00 bits per heavy atom. The number of halogens is 2. The molecule has 1 saturated carbocycles. The van der Waals surface area contributed by atoms with Gasteiger partial charge in [0.05, 0.1) is 6.10 Å². The lowest BCUT2D eigenvalue weighted by Crippen LogP contribution is -2.37. The van der Waals surface area contributed by atoms with Gasteiger partial charge in [-0.1, -0.05) is 19.3 Å². The molecule has 1 fully saturated rings. The number of hydrogen-bond donors (Lipinski definition) is 2. The Kier molecular flexibility index (Phi) is 7.95. The van der Waals surface area contributed by atoms with E-state index in [0.717, 1.165) is 31.7 Å². The molecule has 2 N–H and O–H groups in total. The molecule has 0 unspecified atom stereocenters. The molecule has 1 aliphatic rings. The van der Waals surface area contributed by atoms with Gasteiger partial charge in [-0.25, -0.2) is 8.78 Å². The fraction of sp³-hybridized carbons (Fsp3) is 0.611. The number of guanidine groups is 1. The van der Waals surface area contributed by atoms with Crippen LogP contribution in [0.5, 0.6) is 0 Å². The van der Waals surface area contributed by atoms with E-state index in [9.17, 15) is 8.78 Å². The summed E-state index contributed by atoms with van der Waals surface area (Å²) in [6.45, 7) is 1.63. The van der Waals surface area contributed by atoms with Gasteiger partial charge in [0.15, 0.2) is 5.96 Å². The van der Waals surface area contributed by atoms with Crippen LogP contribution in [0.15, 0.2) is 23.2 Å². The predicted molar refractivity (Wildman–Crippen MR) is 92.0 cm³/mol. The second-order valence-electron chi connectivity index (χ2n) is 6.07. The van der Waals surface area contributed by atoms with Crippen LogP contribution in [0.3, 0.4) is 0 Å². The number of rotatable bonds is 7. The van der Waals surface area contributed by atoms with E-state index in [2.05, 4.69) is 15.6 Å². The molecule has 0 aromatic heterocycles. The molecule has 0 bridgehead atoms. The fourth-order valence-electron chi connectivity index (χ4n) is 2.84. The Morgan fingerprint density at radius 3 is 2.75 bits per heavy atom. The quantitative estimate of drug-likeness (QED) is 0.455. The van der Waals surface area contributed by atoms with Crippen LogP contribution < -0.4 is 10.6 Å². The van der Waals surface area contributed by atoms with E-state index < -0.39 is 11.6 Å². The van der Waals surface area contributed by atoms with Crippen molar-refractivity contribution in [1.82, 2.24) is 10.6 Å². The Hall–Kier alpha value is -1.69. The lowest BCUT2D eigenvalue weighted by Gasteiger charge is -2.22. The SMILES string of the molecule is CN=C(NCCCOC1CCCCC1)NCc1cc(F)ccc1F. The topological polar surface area (TPSA) is 45.7 Å². The Balaban J connectivity index is 1.62. The van der Waals surface area contributed by atoms with E-state index in [1.54, 1.807) is 7.05 Å². The van der Waals surface area contributed by atoms with Crippen molar-refractivity contribution in [3.8, 4) is 0 Å². The first-order valence-corrected chi connectivity index (χ1v) is 8.69. The molecule has 0 radical (unpaired) electrons. The molecule has 0 saturated heterocycles. The Bertz CT molecular complexity index is 531. The molecule has 0 amide bonds. The van der Waals surface area contributed by atoms with Gasteiger partial charge in [0, 0.05) is 32.3 Å². The summed E-state index contributed by atoms with van der Waals surface area (Å²) in [5, 5.41) is 6.14. The van der Waals surface area contributed by atoms with E-state index in [1.807, 2.05) is 0 Å². The third-order valence-electron chi connectivity index (χ3n) is 4.20. The van der Waals surface area contributed by atoms with E-state index in [0.29, 0.717) is 12.1 Å². The van der Waals surface area contributed by atoms with Gasteiger partial charge < -0.3 is 15.4 Å². The van der Waals surface area contributed by atoms with Crippen LogP contribution >= 0.6 is 0 Å². The number of aliphatic imine (C=N–C) groups is 1. The summed E-state index contributed by atoms with van der Waals surface area (Å²) in [5.74, 6) is -0.312. The summed E-state index contributed by atoms with van der Waals surface area (Å²) < 4.78 is 32.6. The highest BCUT2D eigenvalue weighted by molar-refractivity contribution is 5.79. The predicted octanol–water partition coefficient (Wildman–Crippen LogP) is 3.37. The number of nitrogens with zero attached hydrogens (tertiary/aromatic N) is 1. The van der Waals surface area contributed by atoms with E-state index in [-0.39, 0.29) is 12.1 Å². The molecule has 1 aromatic carbocycles. The highest BCUT2D eigenvalue weighted by Crippen LogP contribution is 2.20. The van der Waals surface area contributed by atoms with Gasteiger partial charge in [-0.05, 0) is 37.5 Å². The molecule has 2 rings (SSSR count). The molecule has 134 valence electrons. The van der Waals surface area contributed by atoms with Crippen molar-refractivity contribution in [2.24, 2.45) is 4.99 Å². The van der Waals surface area contributed by atoms with E-state index >= 15 is 0 Å². The van der Waals surface area contributed by atoms with Gasteiger partial charge in [-0.15, -0.1) is 0 Å². The lowest BCUT2D eigenvalue weighted by molar-refractivity contribution is 0.0277. The molecule has 0 heterocycles. The van der Waals surface area contributed by atoms with Gasteiger partial charge in [-0.2, -0.15) is 0 Å². The number of nitrogens with one attached hydrogen (secondary N) is 2. The average molecular weight is 339 g/mol. The number of hydrogen-bond acceptors (Lipinski definition) is 2. The molecule has 1 aromatic rings. The van der Waals surface area contributed by atoms with E-state index in [1.165, 1.54) is 38.2 Å². The maximum atomic E-state index is 13.6. The molecule has 24 heavy (non-hydrogen) atoms. The van der Waals surface area contributed by atoms with Crippen LogP contribution in [0.1, 0.15) is 44.1 Å². The fourth-order valence-corrected chi connectivity index (χ4v) is 2.84. The van der Waals surface area contributed by atoms with E-state index in [4.69, 9.17) is 4.74 Å². The van der Waals surface area contributed by atoms with Crippen LogP contribution in [0.2, 0.25) is 0 Å². The van der Waals surface area contributed by atoms with Crippen LogP contribution in [0.25, 0.3) is 0 Å². The van der Waals surface area contributed by atoms with Crippen molar-refractivity contribution < 1.29 is 13.5 Å². The molecule has 0 aliphatic heterocycles. The summed E-state index contributed by atoms with van der Waals surface area (Å²) in [4.78, 5) is 4.08. The maximum absolute atomic E-state index is 13.6. The van der Waals surface area contributed by atoms with Crippen molar-refractivity contribution in [2.75, 3.05) is 20.2 Å². The van der Waals surface area contributed by atoms with Gasteiger partial charge >= 0.3 is 0 Å². The first-order valence-electron chi connectivity index (χ1n) is 8.69. The highest BCUT2D eigenvalue weighted by atomic mass is 19.1. The first kappa shape index (κ1) is 18.6. The summed E-state index contributed by atoms with van der Waals surface area (Å²) in [5.41, 5.74) is 0.276. The molecular formula is C18H27F2N3O. The average Bonchev–Trinajstić information content (AvgIpc) is 2.61. The number of ether oxygens (including phenoxy) is 1. The largest absolute Gasteiger partial charge is 0.378 e. The molecule has 1 aliphatic carbocycles. The number of benzene rings is 1. The summed E-state index contributed by atoms with van der Waals surface area (Å²) in [7, 11) is 1.65. The monoisotopic (exact) mass is 339 g/mol. The summed E-state index contributed by atoms with van der Waals surface area (Å²) in [6, 6.07) is 3.43. The second-order valence-corrected chi connectivity index (χ2v) is 6.07. The normalized spacial score (nSPS) is 16.2. The van der Waals surface area contributed by atoms with Gasteiger partial charge in [0.1, 0.15) is 11.6 Å². The molecule has 0 spiro atoms. The Labute approximate surface area is 142 Å². The van der Waals surface area contributed by atoms with Crippen molar-refractivity contribution in [3.05, 3.63) is 35.4 Å². The first-order chi connectivity index (χ1) is 11.7. The van der Waals surface area contributed by atoms with Crippen molar-refractivity contribution in [1.29, 1.82) is 0 Å². The zero-order valence-corrected chi connectivity index (χ0v) is 14.3. The maximum Gasteiger partial charge on any atom is 0.191 e. The molecule has 6 heteroatoms. The molecule has 0 atom stereocenters. The van der Waals surface area contributed by atoms with Gasteiger partial charge in [0.25, 0.3) is 0 Å². The zero-order chi connectivity index (χ0) is 17.2. The smallest absolute Gasteiger partial charge is 0.191 e. The van der Waals surface area contributed by atoms with Crippen LogP contribution in [0.4, 0.5) is 8.78 Å². The van der Waals surface area contributed by atoms with Gasteiger partial charge in [0.2, 0.25) is 0 Å². The summed E-state index contributed by atoms with van der Waals surface area (Å²) >= 11 is 0. The third-order valence-corrected chi connectivity index (χ3v) is 4.20. The Morgan fingerprint density at radius 1 is 1.21 bits per heavy atom. The van der Waals surface area contributed by atoms with Crippen LogP contribution in [-0.2, 0) is 11.3 Å². The molecular weight excluding hydrogens is 312 g/mol. The summed E-state index contributed by atoms with van der Waals surface area (Å²) in [6.07, 6.45) is 7.53. The standard InChI is InChI=1S/C18H27F2N3O/c1-21-18(23-13-14-12-15(19)8-9-17(14)20)22-10-5-11-24-16-6-3-2-4-7-16/h8-9,12,16H,2-7,10-11,13H2,1H3,(H2,21,22,23). The van der Waals surface area contributed by atoms with Crippen molar-refractivity contribution in [2.45, 2.75) is 51.2 Å². The molecule has 4 nitrogen and oxygen atoms in total. The highest BCUT2D eigenvalue weighted by Gasteiger charge is 2.13. The lowest BCUT2D eigenvalue weighted by atomic mass is 9.98. The minimum atomic E-state index is -0.448.